The fourth-order valence-electron chi connectivity index (χ4n) is 1.51. The van der Waals surface area contributed by atoms with Gasteiger partial charge in [0, 0.05) is 26.4 Å². The lowest BCUT2D eigenvalue weighted by molar-refractivity contribution is 0.600. The highest BCUT2D eigenvalue weighted by Crippen LogP contribution is 2.08. The highest BCUT2D eigenvalue weighted by Gasteiger charge is 2.04. The molecule has 0 saturated heterocycles. The van der Waals surface area contributed by atoms with Crippen LogP contribution in [0.4, 0.5) is 4.39 Å². The average molecular weight is 429 g/mol. The first-order valence-corrected chi connectivity index (χ1v) is 8.25. The molecule has 0 aliphatic heterocycles. The Kier molecular flexibility index (Phi) is 8.79. The second-order valence-corrected chi connectivity index (χ2v) is 6.83. The molecule has 5 nitrogen and oxygen atoms in total. The molecule has 0 aliphatic rings. The number of halogens is 2. The van der Waals surface area contributed by atoms with E-state index in [0.29, 0.717) is 18.1 Å². The smallest absolute Gasteiger partial charge is 0.191 e. The number of guanidine groups is 1. The second kappa shape index (κ2) is 9.19. The summed E-state index contributed by atoms with van der Waals surface area (Å²) in [5.41, 5.74) is 1.39. The quantitative estimate of drug-likeness (QED) is 0.423. The van der Waals surface area contributed by atoms with Crippen molar-refractivity contribution in [3.8, 4) is 0 Å². The third-order valence-electron chi connectivity index (χ3n) is 2.69. The Morgan fingerprint density at radius 2 is 2.00 bits per heavy atom. The zero-order valence-electron chi connectivity index (χ0n) is 12.3. The molecule has 2 N–H and O–H groups in total. The van der Waals surface area contributed by atoms with Crippen molar-refractivity contribution >= 4 is 39.8 Å². The highest BCUT2D eigenvalue weighted by atomic mass is 127. The molecule has 1 aromatic carbocycles. The molecule has 1 rings (SSSR count). The Balaban J connectivity index is 0.00000400. The predicted octanol–water partition coefficient (Wildman–Crippen LogP) is 1.46. The topological polar surface area (TPSA) is 70.6 Å². The average Bonchev–Trinajstić information content (AvgIpc) is 2.36. The molecule has 120 valence electrons. The number of nitrogens with one attached hydrogen (secondary N) is 2. The number of hydrogen-bond acceptors (Lipinski definition) is 3. The first kappa shape index (κ1) is 20.1. The molecule has 0 fully saturated rings. The Labute approximate surface area is 142 Å². The van der Waals surface area contributed by atoms with Crippen LogP contribution in [-0.2, 0) is 16.4 Å². The van der Waals surface area contributed by atoms with Gasteiger partial charge in [0.2, 0.25) is 0 Å². The lowest BCUT2D eigenvalue weighted by Crippen LogP contribution is -2.39. The Morgan fingerprint density at radius 1 is 1.33 bits per heavy atom. The van der Waals surface area contributed by atoms with E-state index in [4.69, 9.17) is 0 Å². The van der Waals surface area contributed by atoms with Crippen LogP contribution >= 0.6 is 24.0 Å². The van der Waals surface area contributed by atoms with Gasteiger partial charge in [-0.15, -0.1) is 24.0 Å². The molecule has 0 aliphatic carbocycles. The summed E-state index contributed by atoms with van der Waals surface area (Å²) in [6.45, 7) is 2.40. The molecule has 0 atom stereocenters. The van der Waals surface area contributed by atoms with Crippen molar-refractivity contribution in [3.63, 3.8) is 0 Å². The Hall–Kier alpha value is -0.900. The van der Waals surface area contributed by atoms with Crippen LogP contribution in [0, 0.1) is 12.7 Å². The minimum absolute atomic E-state index is 0. The third kappa shape index (κ3) is 8.20. The summed E-state index contributed by atoms with van der Waals surface area (Å²) in [5, 5.41) is 5.88. The number of benzene rings is 1. The summed E-state index contributed by atoms with van der Waals surface area (Å²) < 4.78 is 35.4. The van der Waals surface area contributed by atoms with Crippen molar-refractivity contribution in [2.45, 2.75) is 13.5 Å². The van der Waals surface area contributed by atoms with Crippen molar-refractivity contribution in [3.05, 3.63) is 35.1 Å². The van der Waals surface area contributed by atoms with Gasteiger partial charge < -0.3 is 10.6 Å². The van der Waals surface area contributed by atoms with Crippen LogP contribution in [0.2, 0.25) is 0 Å². The molecule has 1 aromatic rings. The molecule has 8 heteroatoms. The van der Waals surface area contributed by atoms with E-state index in [1.807, 2.05) is 6.07 Å². The maximum absolute atomic E-state index is 13.4. The largest absolute Gasteiger partial charge is 0.355 e. The number of hydrogen-bond donors (Lipinski definition) is 2. The molecule has 0 heterocycles. The van der Waals surface area contributed by atoms with Gasteiger partial charge in [0.05, 0.1) is 5.75 Å². The molecule has 0 aromatic heterocycles. The van der Waals surface area contributed by atoms with E-state index in [9.17, 15) is 12.8 Å². The zero-order chi connectivity index (χ0) is 15.2. The standard InChI is InChI=1S/C13H20FN3O2S.HI/c1-10-4-5-11(8-12(10)14)9-17-13(15-2)16-6-7-20(3,18)19;/h4-5,8H,6-7,9H2,1-3H3,(H2,15,16,17);1H. The first-order valence-electron chi connectivity index (χ1n) is 6.19. The summed E-state index contributed by atoms with van der Waals surface area (Å²) in [7, 11) is -1.41. The van der Waals surface area contributed by atoms with Gasteiger partial charge in [0.15, 0.2) is 5.96 Å². The van der Waals surface area contributed by atoms with E-state index >= 15 is 0 Å². The van der Waals surface area contributed by atoms with E-state index in [2.05, 4.69) is 15.6 Å². The molecular weight excluding hydrogens is 408 g/mol. The Bertz CT molecular complexity index is 591. The van der Waals surface area contributed by atoms with E-state index in [0.717, 1.165) is 5.56 Å². The number of nitrogens with zero attached hydrogens (tertiary/aromatic N) is 1. The summed E-state index contributed by atoms with van der Waals surface area (Å²) in [6.07, 6.45) is 1.18. The van der Waals surface area contributed by atoms with Gasteiger partial charge in [-0.2, -0.15) is 0 Å². The summed E-state index contributed by atoms with van der Waals surface area (Å²) in [6, 6.07) is 5.01. The maximum atomic E-state index is 13.4. The molecular formula is C13H21FIN3O2S. The van der Waals surface area contributed by atoms with E-state index in [-0.39, 0.29) is 42.1 Å². The van der Waals surface area contributed by atoms with E-state index in [1.165, 1.54) is 12.3 Å². The molecule has 0 radical (unpaired) electrons. The zero-order valence-corrected chi connectivity index (χ0v) is 15.5. The summed E-state index contributed by atoms with van der Waals surface area (Å²) in [5.74, 6) is 0.270. The molecule has 0 unspecified atom stereocenters. The van der Waals surface area contributed by atoms with E-state index in [1.54, 1.807) is 20.0 Å². The van der Waals surface area contributed by atoms with Crippen LogP contribution in [0.1, 0.15) is 11.1 Å². The lowest BCUT2D eigenvalue weighted by Gasteiger charge is -2.11. The van der Waals surface area contributed by atoms with Crippen LogP contribution in [-0.4, -0.2) is 40.0 Å². The van der Waals surface area contributed by atoms with Crippen LogP contribution in [0.25, 0.3) is 0 Å². The van der Waals surface area contributed by atoms with Crippen molar-refractivity contribution in [2.75, 3.05) is 25.6 Å². The van der Waals surface area contributed by atoms with Crippen molar-refractivity contribution in [1.29, 1.82) is 0 Å². The number of aliphatic imine (C=N–C) groups is 1. The van der Waals surface area contributed by atoms with Crippen molar-refractivity contribution < 1.29 is 12.8 Å². The summed E-state index contributed by atoms with van der Waals surface area (Å²) in [4.78, 5) is 3.97. The lowest BCUT2D eigenvalue weighted by atomic mass is 10.1. The SMILES string of the molecule is CN=C(NCCS(C)(=O)=O)NCc1ccc(C)c(F)c1.I. The number of aryl methyl sites for hydroxylation is 1. The monoisotopic (exact) mass is 429 g/mol. The predicted molar refractivity (Wildman–Crippen MR) is 94.5 cm³/mol. The van der Waals surface area contributed by atoms with Gasteiger partial charge in [-0.3, -0.25) is 4.99 Å². The highest BCUT2D eigenvalue weighted by molar-refractivity contribution is 14.0. The molecule has 0 spiro atoms. The normalized spacial score (nSPS) is 11.7. The number of rotatable bonds is 5. The van der Waals surface area contributed by atoms with Gasteiger partial charge in [-0.05, 0) is 24.1 Å². The van der Waals surface area contributed by atoms with Crippen LogP contribution in [0.3, 0.4) is 0 Å². The maximum Gasteiger partial charge on any atom is 0.191 e. The van der Waals surface area contributed by atoms with Gasteiger partial charge in [0.1, 0.15) is 15.7 Å². The minimum atomic E-state index is -3.00. The van der Waals surface area contributed by atoms with Gasteiger partial charge >= 0.3 is 0 Å². The molecule has 0 amide bonds. The van der Waals surface area contributed by atoms with Gasteiger partial charge in [-0.1, -0.05) is 12.1 Å². The van der Waals surface area contributed by atoms with Crippen LogP contribution in [0.15, 0.2) is 23.2 Å². The number of sulfone groups is 1. The third-order valence-corrected chi connectivity index (χ3v) is 3.63. The first-order chi connectivity index (χ1) is 9.31. The molecule has 0 saturated carbocycles. The van der Waals surface area contributed by atoms with Crippen molar-refractivity contribution in [2.24, 2.45) is 4.99 Å². The second-order valence-electron chi connectivity index (χ2n) is 4.57. The van der Waals surface area contributed by atoms with Crippen LogP contribution in [0.5, 0.6) is 0 Å². The van der Waals surface area contributed by atoms with Gasteiger partial charge in [0.25, 0.3) is 0 Å². The minimum Gasteiger partial charge on any atom is -0.355 e. The van der Waals surface area contributed by atoms with Gasteiger partial charge in [-0.25, -0.2) is 12.8 Å². The fourth-order valence-corrected chi connectivity index (χ4v) is 1.98. The van der Waals surface area contributed by atoms with Crippen LogP contribution < -0.4 is 10.6 Å². The Morgan fingerprint density at radius 3 is 2.52 bits per heavy atom. The van der Waals surface area contributed by atoms with E-state index < -0.39 is 9.84 Å². The molecule has 21 heavy (non-hydrogen) atoms. The van der Waals surface area contributed by atoms with Crippen molar-refractivity contribution in [1.82, 2.24) is 10.6 Å². The fraction of sp³-hybridized carbons (Fsp3) is 0.462. The molecule has 0 bridgehead atoms. The summed E-state index contributed by atoms with van der Waals surface area (Å²) >= 11 is 0.